The number of carbonyl (C=O) groups excluding carboxylic acids is 1. The van der Waals surface area contributed by atoms with E-state index < -0.39 is 0 Å². The summed E-state index contributed by atoms with van der Waals surface area (Å²) in [7, 11) is 1.88. The molecule has 0 spiro atoms. The molecule has 0 aliphatic rings. The van der Waals surface area contributed by atoms with E-state index in [1.54, 1.807) is 17.7 Å². The van der Waals surface area contributed by atoms with Crippen LogP contribution in [0, 0.1) is 5.92 Å². The topological polar surface area (TPSA) is 59.8 Å². The van der Waals surface area contributed by atoms with Crippen molar-refractivity contribution < 1.29 is 4.79 Å². The molecule has 22 heavy (non-hydrogen) atoms. The smallest absolute Gasteiger partial charge is 0.233 e. The maximum atomic E-state index is 12.5. The number of carbonyl (C=O) groups is 1. The van der Waals surface area contributed by atoms with Crippen LogP contribution in [0.25, 0.3) is 0 Å². The van der Waals surface area contributed by atoms with Crippen LogP contribution in [0.2, 0.25) is 0 Å². The van der Waals surface area contributed by atoms with Gasteiger partial charge < -0.3 is 9.88 Å². The first-order valence-corrected chi connectivity index (χ1v) is 9.07. The number of amides is 1. The minimum atomic E-state index is -0.211. The van der Waals surface area contributed by atoms with E-state index in [-0.39, 0.29) is 17.2 Å². The van der Waals surface area contributed by atoms with Gasteiger partial charge in [-0.25, -0.2) is 0 Å². The maximum absolute atomic E-state index is 12.5. The molecule has 2 aromatic heterocycles. The Morgan fingerprint density at radius 1 is 1.45 bits per heavy atom. The first kappa shape index (κ1) is 17.0. The minimum absolute atomic E-state index is 0.0343. The Morgan fingerprint density at radius 3 is 2.77 bits per heavy atom. The van der Waals surface area contributed by atoms with Crippen LogP contribution >= 0.6 is 23.1 Å². The zero-order valence-electron chi connectivity index (χ0n) is 13.3. The summed E-state index contributed by atoms with van der Waals surface area (Å²) >= 11 is 3.11. The second kappa shape index (κ2) is 7.78. The van der Waals surface area contributed by atoms with Gasteiger partial charge in [-0.3, -0.25) is 4.79 Å². The highest BCUT2D eigenvalue weighted by Gasteiger charge is 2.22. The molecule has 0 bridgehead atoms. The SMILES string of the molecule is CC(C)C[C@@H](NC(=O)[C@H](C)Sc1nncn1C)c1cccs1. The fraction of sp³-hybridized carbons (Fsp3) is 0.533. The minimum Gasteiger partial charge on any atom is -0.348 e. The Kier molecular flexibility index (Phi) is 6.02. The van der Waals surface area contributed by atoms with Gasteiger partial charge in [0.05, 0.1) is 11.3 Å². The number of hydrogen-bond acceptors (Lipinski definition) is 5. The van der Waals surface area contributed by atoms with Crippen molar-refractivity contribution in [2.24, 2.45) is 13.0 Å². The zero-order chi connectivity index (χ0) is 16.1. The van der Waals surface area contributed by atoms with Crippen LogP contribution in [-0.2, 0) is 11.8 Å². The molecule has 0 radical (unpaired) electrons. The highest BCUT2D eigenvalue weighted by molar-refractivity contribution is 8.00. The predicted octanol–water partition coefficient (Wildman–Crippen LogP) is 3.26. The third kappa shape index (κ3) is 4.58. The van der Waals surface area contributed by atoms with Gasteiger partial charge in [-0.15, -0.1) is 21.5 Å². The molecule has 7 heteroatoms. The monoisotopic (exact) mass is 338 g/mol. The van der Waals surface area contributed by atoms with Gasteiger partial charge >= 0.3 is 0 Å². The molecule has 1 amide bonds. The largest absolute Gasteiger partial charge is 0.348 e. The van der Waals surface area contributed by atoms with Gasteiger partial charge in [0.25, 0.3) is 0 Å². The van der Waals surface area contributed by atoms with E-state index >= 15 is 0 Å². The summed E-state index contributed by atoms with van der Waals surface area (Å²) in [4.78, 5) is 13.7. The van der Waals surface area contributed by atoms with Crippen molar-refractivity contribution in [3.8, 4) is 0 Å². The van der Waals surface area contributed by atoms with E-state index in [0.717, 1.165) is 11.6 Å². The number of rotatable bonds is 7. The molecule has 0 saturated heterocycles. The van der Waals surface area contributed by atoms with Crippen molar-refractivity contribution >= 4 is 29.0 Å². The number of thiophene rings is 1. The summed E-state index contributed by atoms with van der Waals surface area (Å²) in [6, 6.07) is 4.19. The average Bonchev–Trinajstić information content (AvgIpc) is 3.10. The normalized spacial score (nSPS) is 14.0. The third-order valence-electron chi connectivity index (χ3n) is 3.23. The van der Waals surface area contributed by atoms with E-state index in [1.807, 2.05) is 30.0 Å². The highest BCUT2D eigenvalue weighted by atomic mass is 32.2. The van der Waals surface area contributed by atoms with Crippen molar-refractivity contribution in [3.63, 3.8) is 0 Å². The van der Waals surface area contributed by atoms with Crippen LogP contribution in [-0.4, -0.2) is 25.9 Å². The van der Waals surface area contributed by atoms with Gasteiger partial charge in [0, 0.05) is 11.9 Å². The van der Waals surface area contributed by atoms with E-state index in [1.165, 1.54) is 16.6 Å². The lowest BCUT2D eigenvalue weighted by atomic mass is 10.0. The first-order chi connectivity index (χ1) is 10.5. The van der Waals surface area contributed by atoms with Gasteiger partial charge in [0.1, 0.15) is 6.33 Å². The second-order valence-corrected chi connectivity index (χ2v) is 7.98. The molecule has 2 aromatic rings. The Labute approximate surface area is 139 Å². The lowest BCUT2D eigenvalue weighted by Gasteiger charge is -2.21. The number of aryl methyl sites for hydroxylation is 1. The van der Waals surface area contributed by atoms with Crippen LogP contribution in [0.5, 0.6) is 0 Å². The number of thioether (sulfide) groups is 1. The summed E-state index contributed by atoms with van der Waals surface area (Å²) < 4.78 is 1.82. The molecule has 5 nitrogen and oxygen atoms in total. The molecular weight excluding hydrogens is 316 g/mol. The van der Waals surface area contributed by atoms with Crippen molar-refractivity contribution in [2.75, 3.05) is 0 Å². The molecule has 120 valence electrons. The van der Waals surface area contributed by atoms with E-state index in [0.29, 0.717) is 5.92 Å². The van der Waals surface area contributed by atoms with Crippen LogP contribution in [0.4, 0.5) is 0 Å². The lowest BCUT2D eigenvalue weighted by Crippen LogP contribution is -2.34. The summed E-state index contributed by atoms with van der Waals surface area (Å²) in [6.07, 6.45) is 2.58. The quantitative estimate of drug-likeness (QED) is 0.787. The van der Waals surface area contributed by atoms with Crippen molar-refractivity contribution in [1.82, 2.24) is 20.1 Å². The molecule has 2 atom stereocenters. The molecule has 2 heterocycles. The molecule has 0 saturated carbocycles. The van der Waals surface area contributed by atoms with Gasteiger partial charge in [0.15, 0.2) is 5.16 Å². The van der Waals surface area contributed by atoms with Gasteiger partial charge in [-0.2, -0.15) is 0 Å². The predicted molar refractivity (Wildman–Crippen MR) is 91.0 cm³/mol. The molecule has 2 rings (SSSR count). The fourth-order valence-electron chi connectivity index (χ4n) is 2.09. The Hall–Kier alpha value is -1.34. The Balaban J connectivity index is 1.99. The molecule has 0 aliphatic carbocycles. The van der Waals surface area contributed by atoms with E-state index in [9.17, 15) is 4.79 Å². The van der Waals surface area contributed by atoms with E-state index in [4.69, 9.17) is 0 Å². The number of aromatic nitrogens is 3. The fourth-order valence-corrected chi connectivity index (χ4v) is 3.68. The molecule has 1 N–H and O–H groups in total. The lowest BCUT2D eigenvalue weighted by molar-refractivity contribution is -0.121. The summed E-state index contributed by atoms with van der Waals surface area (Å²) in [6.45, 7) is 6.24. The molecule has 0 unspecified atom stereocenters. The number of nitrogens with zero attached hydrogens (tertiary/aromatic N) is 3. The summed E-state index contributed by atoms with van der Waals surface area (Å²) in [5, 5.41) is 13.6. The molecule has 0 aliphatic heterocycles. The number of nitrogens with one attached hydrogen (secondary N) is 1. The Bertz CT molecular complexity index is 594. The third-order valence-corrected chi connectivity index (χ3v) is 5.37. The summed E-state index contributed by atoms with van der Waals surface area (Å²) in [5.74, 6) is 0.557. The molecule has 0 fully saturated rings. The van der Waals surface area contributed by atoms with Crippen molar-refractivity contribution in [2.45, 2.75) is 43.6 Å². The zero-order valence-corrected chi connectivity index (χ0v) is 14.9. The van der Waals surface area contributed by atoms with Crippen LogP contribution < -0.4 is 5.32 Å². The molecule has 0 aromatic carbocycles. The highest BCUT2D eigenvalue weighted by Crippen LogP contribution is 2.27. The maximum Gasteiger partial charge on any atom is 0.233 e. The van der Waals surface area contributed by atoms with Crippen molar-refractivity contribution in [1.29, 1.82) is 0 Å². The van der Waals surface area contributed by atoms with Crippen LogP contribution in [0.15, 0.2) is 29.0 Å². The van der Waals surface area contributed by atoms with Crippen LogP contribution in [0.3, 0.4) is 0 Å². The summed E-state index contributed by atoms with van der Waals surface area (Å²) in [5.41, 5.74) is 0. The Morgan fingerprint density at radius 2 is 2.23 bits per heavy atom. The average molecular weight is 339 g/mol. The number of hydrogen-bond donors (Lipinski definition) is 1. The van der Waals surface area contributed by atoms with Gasteiger partial charge in [-0.1, -0.05) is 31.7 Å². The van der Waals surface area contributed by atoms with E-state index in [2.05, 4.69) is 35.4 Å². The standard InChI is InChI=1S/C15H22N4OS2/c1-10(2)8-12(13-6-5-7-21-13)17-14(20)11(3)22-15-18-16-9-19(15)4/h5-7,9-12H,8H2,1-4H3,(H,17,20)/t11-,12+/m0/s1. The second-order valence-electron chi connectivity index (χ2n) is 5.69. The molecular formula is C15H22N4OS2. The first-order valence-electron chi connectivity index (χ1n) is 7.31. The van der Waals surface area contributed by atoms with Gasteiger partial charge in [-0.05, 0) is 30.7 Å². The van der Waals surface area contributed by atoms with Gasteiger partial charge in [0.2, 0.25) is 5.91 Å². The van der Waals surface area contributed by atoms with Crippen LogP contribution in [0.1, 0.15) is 38.1 Å². The van der Waals surface area contributed by atoms with Crippen molar-refractivity contribution in [3.05, 3.63) is 28.7 Å².